The number of aromatic nitrogens is 4. The summed E-state index contributed by atoms with van der Waals surface area (Å²) in [7, 11) is 5.08. The average Bonchev–Trinajstić information content (AvgIpc) is 4.12. The van der Waals surface area contributed by atoms with Crippen molar-refractivity contribution in [3.8, 4) is 33.6 Å². The maximum absolute atomic E-state index is 13.6. The quantitative estimate of drug-likeness (QED) is 0.102. The summed E-state index contributed by atoms with van der Waals surface area (Å²) in [6.07, 6.45) is 5.95. The van der Waals surface area contributed by atoms with E-state index in [4.69, 9.17) is 14.7 Å². The van der Waals surface area contributed by atoms with Gasteiger partial charge in [-0.2, -0.15) is 0 Å². The van der Waals surface area contributed by atoms with Crippen molar-refractivity contribution in [1.82, 2.24) is 40.0 Å². The standard InChI is InChI=1S/C48H52N8O5/c1-30(2)43(53-47(60)61-5)46(59)56-21-9-12-41(56)44-49-26-40(52-44)36-20-19-34-22-33(17-18-35(34)23-36)31-13-15-32(16-14-31)39-25-50-45(51-39)42-24-38(58)27-55(42)28-48(29-57,54(3)4)37-10-7-6-8-11-37/h6-8,10-11,13-20,22-23,25-26,29-30,41-43H,9,12,21,24,27-28H2,1-5H3,(H,49,52)(H,50,51)(H,53,60)/t41-,42-,43-,48-/m0/s1. The fourth-order valence-corrected chi connectivity index (χ4v) is 8.85. The SMILES string of the molecule is COC(=O)N[C@H](C(=O)N1CCC[C@H]1c1ncc(-c2ccc3cc(-c4ccc(-c5cnc([C@@H]6CC(=O)CN6C[C@](C=O)(c6ccccc6)N(C)C)[nH]5)cc4)ccc3c2)[nH]1)C(C)C. The zero-order valence-electron chi connectivity index (χ0n) is 35.2. The summed E-state index contributed by atoms with van der Waals surface area (Å²) in [6, 6.07) is 29.6. The van der Waals surface area contributed by atoms with Crippen molar-refractivity contribution in [1.29, 1.82) is 0 Å². The van der Waals surface area contributed by atoms with Gasteiger partial charge in [-0.1, -0.05) is 92.7 Å². The molecule has 2 fully saturated rings. The number of likely N-dealkylation sites (tertiary alicyclic amines) is 2. The first-order valence-electron chi connectivity index (χ1n) is 20.8. The van der Waals surface area contributed by atoms with Gasteiger partial charge in [0.15, 0.2) is 0 Å². The number of carbonyl (C=O) groups is 4. The van der Waals surface area contributed by atoms with Crippen LogP contribution >= 0.6 is 0 Å². The van der Waals surface area contributed by atoms with E-state index in [-0.39, 0.29) is 36.2 Å². The molecule has 2 saturated heterocycles. The van der Waals surface area contributed by atoms with Gasteiger partial charge in [-0.3, -0.25) is 19.4 Å². The summed E-state index contributed by atoms with van der Waals surface area (Å²) in [6.45, 7) is 5.01. The summed E-state index contributed by atoms with van der Waals surface area (Å²) < 4.78 is 4.77. The van der Waals surface area contributed by atoms with Crippen LogP contribution in [0.4, 0.5) is 4.79 Å². The predicted octanol–water partition coefficient (Wildman–Crippen LogP) is 7.30. The Balaban J connectivity index is 0.954. The number of hydrogen-bond donors (Lipinski definition) is 3. The van der Waals surface area contributed by atoms with Crippen molar-refractivity contribution in [2.45, 2.75) is 56.8 Å². The summed E-state index contributed by atoms with van der Waals surface area (Å²) in [5, 5.41) is 4.89. The summed E-state index contributed by atoms with van der Waals surface area (Å²) in [5.41, 5.74) is 5.82. The molecule has 13 heteroatoms. The molecule has 0 saturated carbocycles. The summed E-state index contributed by atoms with van der Waals surface area (Å²) in [4.78, 5) is 73.4. The van der Waals surface area contributed by atoms with E-state index in [1.807, 2.05) is 80.5 Å². The van der Waals surface area contributed by atoms with E-state index in [0.29, 0.717) is 25.3 Å². The lowest BCUT2D eigenvalue weighted by atomic mass is 9.89. The number of aldehydes is 1. The van der Waals surface area contributed by atoms with E-state index in [2.05, 4.69) is 80.8 Å². The van der Waals surface area contributed by atoms with E-state index in [1.54, 1.807) is 0 Å². The number of benzene rings is 4. The molecule has 8 rings (SSSR count). The number of hydrogen-bond acceptors (Lipinski definition) is 9. The molecule has 4 heterocycles. The Morgan fingerprint density at radius 1 is 0.869 bits per heavy atom. The molecule has 2 aromatic heterocycles. The molecule has 314 valence electrons. The highest BCUT2D eigenvalue weighted by Gasteiger charge is 2.43. The van der Waals surface area contributed by atoms with Crippen LogP contribution in [0.15, 0.2) is 103 Å². The van der Waals surface area contributed by atoms with Gasteiger partial charge < -0.3 is 29.7 Å². The lowest BCUT2D eigenvalue weighted by Gasteiger charge is -2.39. The molecule has 61 heavy (non-hydrogen) atoms. The number of imidazole rings is 2. The van der Waals surface area contributed by atoms with Gasteiger partial charge in [-0.25, -0.2) is 14.8 Å². The molecule has 2 amide bonds. The van der Waals surface area contributed by atoms with Gasteiger partial charge in [0.05, 0.1) is 49.5 Å². The van der Waals surface area contributed by atoms with Crippen molar-refractivity contribution < 1.29 is 23.9 Å². The third-order valence-electron chi connectivity index (χ3n) is 12.4. The highest BCUT2D eigenvalue weighted by Crippen LogP contribution is 2.37. The van der Waals surface area contributed by atoms with Crippen LogP contribution in [-0.4, -0.2) is 106 Å². The molecule has 0 radical (unpaired) electrons. The molecule has 3 N–H and O–H groups in total. The van der Waals surface area contributed by atoms with Crippen LogP contribution in [0.1, 0.15) is 62.4 Å². The Morgan fingerprint density at radius 2 is 1.48 bits per heavy atom. The van der Waals surface area contributed by atoms with E-state index >= 15 is 0 Å². The lowest BCUT2D eigenvalue weighted by Crippen LogP contribution is -2.51. The van der Waals surface area contributed by atoms with Gasteiger partial charge >= 0.3 is 6.09 Å². The second-order valence-electron chi connectivity index (χ2n) is 16.7. The lowest BCUT2D eigenvalue weighted by molar-refractivity contribution is -0.135. The van der Waals surface area contributed by atoms with Crippen molar-refractivity contribution in [2.75, 3.05) is 40.8 Å². The average molecular weight is 821 g/mol. The highest BCUT2D eigenvalue weighted by molar-refractivity contribution is 5.91. The first-order valence-corrected chi connectivity index (χ1v) is 20.8. The fraction of sp³-hybridized carbons (Fsp3) is 0.333. The van der Waals surface area contributed by atoms with E-state index in [0.717, 1.165) is 74.9 Å². The Labute approximate surface area is 355 Å². The largest absolute Gasteiger partial charge is 0.453 e. The van der Waals surface area contributed by atoms with E-state index < -0.39 is 17.7 Å². The normalized spacial score (nSPS) is 18.5. The number of aromatic amines is 2. The number of likely N-dealkylation sites (N-methyl/N-ethyl adjacent to an activating group) is 1. The van der Waals surface area contributed by atoms with E-state index in [1.165, 1.54) is 7.11 Å². The number of carbonyl (C=O) groups excluding carboxylic acids is 4. The second-order valence-corrected chi connectivity index (χ2v) is 16.7. The van der Waals surface area contributed by atoms with Gasteiger partial charge in [0.1, 0.15) is 35.3 Å². The number of fused-ring (bicyclic) bond motifs is 1. The number of H-pyrrole nitrogens is 2. The van der Waals surface area contributed by atoms with Gasteiger partial charge in [-0.15, -0.1) is 0 Å². The minimum absolute atomic E-state index is 0.106. The summed E-state index contributed by atoms with van der Waals surface area (Å²) in [5.74, 6) is 1.31. The smallest absolute Gasteiger partial charge is 0.407 e. The number of amides is 2. The molecule has 4 aromatic carbocycles. The number of Topliss-reactive ketones (excluding diaryl/α,β-unsaturated/α-hetero) is 1. The monoisotopic (exact) mass is 820 g/mol. The molecule has 0 spiro atoms. The third kappa shape index (κ3) is 8.23. The van der Waals surface area contributed by atoms with Crippen LogP contribution < -0.4 is 5.32 Å². The minimum atomic E-state index is -0.919. The van der Waals surface area contributed by atoms with Gasteiger partial charge in [-0.05, 0) is 78.0 Å². The molecule has 0 bridgehead atoms. The molecular weight excluding hydrogens is 769 g/mol. The minimum Gasteiger partial charge on any atom is -0.453 e. The molecule has 4 atom stereocenters. The first-order chi connectivity index (χ1) is 29.5. The zero-order valence-corrected chi connectivity index (χ0v) is 35.2. The number of ether oxygens (including phenoxy) is 1. The molecule has 0 unspecified atom stereocenters. The van der Waals surface area contributed by atoms with Gasteiger partial charge in [0.25, 0.3) is 0 Å². The van der Waals surface area contributed by atoms with Gasteiger partial charge in [0, 0.05) is 25.1 Å². The van der Waals surface area contributed by atoms with Crippen LogP contribution in [-0.2, 0) is 24.7 Å². The van der Waals surface area contributed by atoms with Crippen LogP contribution in [0, 0.1) is 5.92 Å². The number of ketones is 1. The van der Waals surface area contributed by atoms with Crippen molar-refractivity contribution in [3.05, 3.63) is 121 Å². The van der Waals surface area contributed by atoms with Crippen LogP contribution in [0.2, 0.25) is 0 Å². The van der Waals surface area contributed by atoms with Crippen molar-refractivity contribution in [2.24, 2.45) is 5.92 Å². The third-order valence-corrected chi connectivity index (χ3v) is 12.4. The number of methoxy groups -OCH3 is 1. The van der Waals surface area contributed by atoms with Gasteiger partial charge in [0.2, 0.25) is 5.91 Å². The number of nitrogens with zero attached hydrogens (tertiary/aromatic N) is 5. The molecule has 6 aromatic rings. The number of alkyl carbamates (subject to hydrolysis) is 1. The predicted molar refractivity (Wildman–Crippen MR) is 234 cm³/mol. The summed E-state index contributed by atoms with van der Waals surface area (Å²) >= 11 is 0. The topological polar surface area (TPSA) is 157 Å². The fourth-order valence-electron chi connectivity index (χ4n) is 8.85. The Kier molecular flexibility index (Phi) is 11.7. The number of nitrogens with one attached hydrogen (secondary N) is 3. The Morgan fingerprint density at radius 3 is 2.11 bits per heavy atom. The molecule has 2 aliphatic rings. The zero-order chi connectivity index (χ0) is 42.8. The molecule has 0 aliphatic carbocycles. The molecule has 2 aliphatic heterocycles. The number of rotatable bonds is 13. The Hall–Kier alpha value is -6.44. The van der Waals surface area contributed by atoms with Crippen molar-refractivity contribution >= 4 is 34.8 Å². The maximum atomic E-state index is 13.6. The highest BCUT2D eigenvalue weighted by atomic mass is 16.5. The van der Waals surface area contributed by atoms with Crippen LogP contribution in [0.5, 0.6) is 0 Å². The first kappa shape index (κ1) is 41.3. The Bertz CT molecular complexity index is 2550. The molecular formula is C48H52N8O5. The maximum Gasteiger partial charge on any atom is 0.407 e. The van der Waals surface area contributed by atoms with Crippen molar-refractivity contribution in [3.63, 3.8) is 0 Å². The van der Waals surface area contributed by atoms with Crippen LogP contribution in [0.25, 0.3) is 44.4 Å². The van der Waals surface area contributed by atoms with Crippen LogP contribution in [0.3, 0.4) is 0 Å². The second kappa shape index (κ2) is 17.3. The van der Waals surface area contributed by atoms with E-state index in [9.17, 15) is 19.2 Å². The molecule has 13 nitrogen and oxygen atoms in total.